The molecule has 0 amide bonds. The predicted molar refractivity (Wildman–Crippen MR) is 77.2 cm³/mol. The van der Waals surface area contributed by atoms with Gasteiger partial charge in [0.15, 0.2) is 0 Å². The molecular formula is C14H13ClN4. The first kappa shape index (κ1) is 12.0. The number of nitrogen functional groups attached to an aromatic ring is 1. The number of aromatic nitrogens is 3. The Bertz CT molecular complexity index is 729. The van der Waals surface area contributed by atoms with Crippen LogP contribution >= 0.6 is 11.6 Å². The van der Waals surface area contributed by atoms with Crippen molar-refractivity contribution in [1.82, 2.24) is 14.8 Å². The van der Waals surface area contributed by atoms with E-state index in [0.717, 1.165) is 22.2 Å². The van der Waals surface area contributed by atoms with Gasteiger partial charge in [-0.1, -0.05) is 29.8 Å². The van der Waals surface area contributed by atoms with E-state index in [1.807, 2.05) is 37.3 Å². The summed E-state index contributed by atoms with van der Waals surface area (Å²) in [5, 5.41) is 6.06. The van der Waals surface area contributed by atoms with Gasteiger partial charge in [-0.05, 0) is 19.1 Å². The molecule has 0 aliphatic carbocycles. The van der Waals surface area contributed by atoms with Crippen molar-refractivity contribution in [2.75, 3.05) is 5.73 Å². The van der Waals surface area contributed by atoms with Crippen molar-refractivity contribution in [2.45, 2.75) is 13.5 Å². The average Bonchev–Trinajstić information content (AvgIpc) is 2.69. The smallest absolute Gasteiger partial charge is 0.129 e. The molecule has 0 bridgehead atoms. The second-order valence-corrected chi connectivity index (χ2v) is 4.89. The molecule has 3 aromatic rings. The molecule has 3 rings (SSSR count). The lowest BCUT2D eigenvalue weighted by Crippen LogP contribution is -2.05. The number of benzene rings is 1. The summed E-state index contributed by atoms with van der Waals surface area (Å²) in [5.74, 6) is 0.531. The predicted octanol–water partition coefficient (Wildman–Crippen LogP) is 3.02. The van der Waals surface area contributed by atoms with Gasteiger partial charge in [-0.15, -0.1) is 0 Å². The molecule has 0 saturated heterocycles. The Morgan fingerprint density at radius 2 is 2.11 bits per heavy atom. The summed E-state index contributed by atoms with van der Waals surface area (Å²) in [6.07, 6.45) is 1.80. The normalized spacial score (nSPS) is 11.1. The molecular weight excluding hydrogens is 260 g/mol. The lowest BCUT2D eigenvalue weighted by Gasteiger charge is -2.07. The number of para-hydroxylation sites is 1. The van der Waals surface area contributed by atoms with Crippen LogP contribution in [0.15, 0.2) is 36.5 Å². The fourth-order valence-corrected chi connectivity index (χ4v) is 2.20. The number of anilines is 1. The molecule has 0 aliphatic rings. The molecule has 4 nitrogen and oxygen atoms in total. The molecule has 2 aromatic heterocycles. The maximum absolute atomic E-state index is 6.00. The van der Waals surface area contributed by atoms with Crippen LogP contribution in [0.1, 0.15) is 11.3 Å². The number of hydrogen-bond acceptors (Lipinski definition) is 3. The van der Waals surface area contributed by atoms with E-state index in [-0.39, 0.29) is 0 Å². The number of rotatable bonds is 2. The average molecular weight is 273 g/mol. The summed E-state index contributed by atoms with van der Waals surface area (Å²) in [6, 6.07) is 9.95. The first-order valence-electron chi connectivity index (χ1n) is 5.97. The van der Waals surface area contributed by atoms with Gasteiger partial charge in [0, 0.05) is 17.1 Å². The molecule has 2 N–H and O–H groups in total. The number of halogens is 1. The second-order valence-electron chi connectivity index (χ2n) is 4.49. The van der Waals surface area contributed by atoms with Gasteiger partial charge >= 0.3 is 0 Å². The van der Waals surface area contributed by atoms with Crippen LogP contribution in [0, 0.1) is 6.92 Å². The standard InChI is InChI=1S/C14H13ClN4/c1-9-12(15)8-19(18-9)7-11-6-10-4-2-3-5-13(10)17-14(11)16/h2-6,8H,7H2,1H3,(H2,16,17). The van der Waals surface area contributed by atoms with E-state index >= 15 is 0 Å². The summed E-state index contributed by atoms with van der Waals surface area (Å²) < 4.78 is 1.78. The zero-order valence-electron chi connectivity index (χ0n) is 10.5. The zero-order valence-corrected chi connectivity index (χ0v) is 11.2. The minimum Gasteiger partial charge on any atom is -0.383 e. The van der Waals surface area contributed by atoms with Gasteiger partial charge in [0.1, 0.15) is 5.82 Å². The maximum Gasteiger partial charge on any atom is 0.129 e. The second kappa shape index (κ2) is 4.55. The quantitative estimate of drug-likeness (QED) is 0.780. The third kappa shape index (κ3) is 2.27. The van der Waals surface area contributed by atoms with E-state index in [1.54, 1.807) is 10.9 Å². The van der Waals surface area contributed by atoms with Gasteiger partial charge in [-0.3, -0.25) is 4.68 Å². The van der Waals surface area contributed by atoms with Crippen LogP contribution in [0.5, 0.6) is 0 Å². The number of nitrogens with zero attached hydrogens (tertiary/aromatic N) is 3. The van der Waals surface area contributed by atoms with E-state index < -0.39 is 0 Å². The van der Waals surface area contributed by atoms with Crippen LogP contribution in [0.3, 0.4) is 0 Å². The topological polar surface area (TPSA) is 56.7 Å². The molecule has 0 atom stereocenters. The molecule has 2 heterocycles. The Hall–Kier alpha value is -2.07. The minimum absolute atomic E-state index is 0.531. The summed E-state index contributed by atoms with van der Waals surface area (Å²) in [4.78, 5) is 4.40. The molecule has 96 valence electrons. The van der Waals surface area contributed by atoms with E-state index in [4.69, 9.17) is 17.3 Å². The first-order chi connectivity index (χ1) is 9.13. The van der Waals surface area contributed by atoms with Crippen LogP contribution in [0.25, 0.3) is 10.9 Å². The van der Waals surface area contributed by atoms with Crippen molar-refractivity contribution >= 4 is 28.3 Å². The molecule has 0 saturated carbocycles. The van der Waals surface area contributed by atoms with Crippen LogP contribution in [-0.2, 0) is 6.54 Å². The van der Waals surface area contributed by atoms with Gasteiger partial charge in [0.2, 0.25) is 0 Å². The lowest BCUT2D eigenvalue weighted by atomic mass is 10.1. The van der Waals surface area contributed by atoms with Crippen molar-refractivity contribution in [3.63, 3.8) is 0 Å². The van der Waals surface area contributed by atoms with Crippen LogP contribution in [-0.4, -0.2) is 14.8 Å². The summed E-state index contributed by atoms with van der Waals surface area (Å²) in [5.41, 5.74) is 8.65. The van der Waals surface area contributed by atoms with Gasteiger partial charge in [-0.25, -0.2) is 4.98 Å². The maximum atomic E-state index is 6.00. The van der Waals surface area contributed by atoms with Crippen molar-refractivity contribution in [3.05, 3.63) is 52.8 Å². The van der Waals surface area contributed by atoms with Crippen LogP contribution in [0.4, 0.5) is 5.82 Å². The van der Waals surface area contributed by atoms with Crippen molar-refractivity contribution in [2.24, 2.45) is 0 Å². The Labute approximate surface area is 115 Å². The van der Waals surface area contributed by atoms with Crippen molar-refractivity contribution in [3.8, 4) is 0 Å². The van der Waals surface area contributed by atoms with Gasteiger partial charge in [0.05, 0.1) is 22.8 Å². The third-order valence-electron chi connectivity index (χ3n) is 3.06. The van der Waals surface area contributed by atoms with E-state index in [2.05, 4.69) is 10.1 Å². The Morgan fingerprint density at radius 3 is 2.84 bits per heavy atom. The molecule has 1 aromatic carbocycles. The molecule has 0 spiro atoms. The lowest BCUT2D eigenvalue weighted by molar-refractivity contribution is 0.680. The SMILES string of the molecule is Cc1nn(Cc2cc3ccccc3nc2N)cc1Cl. The van der Waals surface area contributed by atoms with Crippen molar-refractivity contribution < 1.29 is 0 Å². The number of nitrogens with two attached hydrogens (primary N) is 1. The number of pyridine rings is 1. The molecule has 0 fully saturated rings. The van der Waals surface area contributed by atoms with Crippen LogP contribution < -0.4 is 5.73 Å². The largest absolute Gasteiger partial charge is 0.383 e. The molecule has 5 heteroatoms. The van der Waals surface area contributed by atoms with Crippen molar-refractivity contribution in [1.29, 1.82) is 0 Å². The van der Waals surface area contributed by atoms with Gasteiger partial charge < -0.3 is 5.73 Å². The summed E-state index contributed by atoms with van der Waals surface area (Å²) >= 11 is 6.00. The number of hydrogen-bond donors (Lipinski definition) is 1. The highest BCUT2D eigenvalue weighted by Gasteiger charge is 2.07. The molecule has 0 aliphatic heterocycles. The number of fused-ring (bicyclic) bond motifs is 1. The highest BCUT2D eigenvalue weighted by Crippen LogP contribution is 2.20. The summed E-state index contributed by atoms with van der Waals surface area (Å²) in [7, 11) is 0. The minimum atomic E-state index is 0.531. The molecule has 19 heavy (non-hydrogen) atoms. The monoisotopic (exact) mass is 272 g/mol. The fourth-order valence-electron chi connectivity index (χ4n) is 2.05. The Morgan fingerprint density at radius 1 is 1.32 bits per heavy atom. The molecule has 0 radical (unpaired) electrons. The van der Waals surface area contributed by atoms with E-state index in [0.29, 0.717) is 17.4 Å². The zero-order chi connectivity index (χ0) is 13.4. The summed E-state index contributed by atoms with van der Waals surface area (Å²) in [6.45, 7) is 2.44. The Kier molecular flexibility index (Phi) is 2.87. The Balaban J connectivity index is 2.02. The van der Waals surface area contributed by atoms with E-state index in [9.17, 15) is 0 Å². The number of aryl methyl sites for hydroxylation is 1. The van der Waals surface area contributed by atoms with E-state index in [1.165, 1.54) is 0 Å². The highest BCUT2D eigenvalue weighted by atomic mass is 35.5. The van der Waals surface area contributed by atoms with Crippen LogP contribution in [0.2, 0.25) is 5.02 Å². The third-order valence-corrected chi connectivity index (χ3v) is 3.43. The molecule has 0 unspecified atom stereocenters. The van der Waals surface area contributed by atoms with Gasteiger partial charge in [-0.2, -0.15) is 5.10 Å². The highest BCUT2D eigenvalue weighted by molar-refractivity contribution is 6.31. The fraction of sp³-hybridized carbons (Fsp3) is 0.143. The van der Waals surface area contributed by atoms with Gasteiger partial charge in [0.25, 0.3) is 0 Å². The first-order valence-corrected chi connectivity index (χ1v) is 6.35.